The summed E-state index contributed by atoms with van der Waals surface area (Å²) in [6, 6.07) is 14.9. The molecule has 6 nitrogen and oxygen atoms in total. The molecule has 0 aliphatic carbocycles. The highest BCUT2D eigenvalue weighted by molar-refractivity contribution is 8.02. The molecule has 2 saturated heterocycles. The normalized spacial score (nSPS) is 24.6. The molecule has 29 heavy (non-hydrogen) atoms. The number of fused-ring (bicyclic) bond motifs is 2. The van der Waals surface area contributed by atoms with E-state index in [9.17, 15) is 9.59 Å². The Morgan fingerprint density at radius 3 is 2.66 bits per heavy atom. The van der Waals surface area contributed by atoms with E-state index in [1.54, 1.807) is 23.1 Å². The Hall–Kier alpha value is -2.06. The highest BCUT2D eigenvalue weighted by Crippen LogP contribution is 2.55. The number of carbonyl (C=O) groups excluding carboxylic acids is 2. The summed E-state index contributed by atoms with van der Waals surface area (Å²) in [5.74, 6) is 0.0764. The Kier molecular flexibility index (Phi) is 4.78. The van der Waals surface area contributed by atoms with Crippen molar-refractivity contribution in [3.63, 3.8) is 0 Å². The number of benzene rings is 2. The number of halogens is 1. The number of carbonyl (C=O) groups is 2. The average Bonchev–Trinajstić information content (AvgIpc) is 3.20. The molecular weight excluding hydrogens is 410 g/mol. The van der Waals surface area contributed by atoms with E-state index in [1.165, 1.54) is 11.8 Å². The molecule has 0 radical (unpaired) electrons. The molecule has 0 bridgehead atoms. The molecule has 2 amide bonds. The van der Waals surface area contributed by atoms with Crippen LogP contribution in [0.25, 0.3) is 0 Å². The van der Waals surface area contributed by atoms with Crippen LogP contribution >= 0.6 is 23.4 Å². The zero-order chi connectivity index (χ0) is 20.0. The van der Waals surface area contributed by atoms with E-state index in [0.29, 0.717) is 30.6 Å². The van der Waals surface area contributed by atoms with Crippen molar-refractivity contribution in [2.75, 3.05) is 48.5 Å². The fraction of sp³-hybridized carbons (Fsp3) is 0.333. The summed E-state index contributed by atoms with van der Waals surface area (Å²) >= 11 is 7.59. The van der Waals surface area contributed by atoms with Crippen molar-refractivity contribution in [2.24, 2.45) is 0 Å². The molecule has 2 fully saturated rings. The molecule has 150 valence electrons. The van der Waals surface area contributed by atoms with Gasteiger partial charge in [0.2, 0.25) is 10.8 Å². The first-order valence-corrected chi connectivity index (χ1v) is 10.9. The van der Waals surface area contributed by atoms with Crippen LogP contribution in [-0.4, -0.2) is 55.4 Å². The topological polar surface area (TPSA) is 53.1 Å². The molecule has 2 aromatic carbocycles. The SMILES string of the molecule is O=C1CSC2(C(=O)N(CN3CCOCC3)c3ccccc32)N1c1cccc(Cl)c1. The van der Waals surface area contributed by atoms with E-state index in [4.69, 9.17) is 16.3 Å². The van der Waals surface area contributed by atoms with Crippen molar-refractivity contribution in [3.8, 4) is 0 Å². The predicted molar refractivity (Wildman–Crippen MR) is 114 cm³/mol. The van der Waals surface area contributed by atoms with E-state index >= 15 is 0 Å². The number of rotatable bonds is 3. The number of hydrogen-bond acceptors (Lipinski definition) is 5. The maximum atomic E-state index is 13.9. The third kappa shape index (κ3) is 2.95. The van der Waals surface area contributed by atoms with Crippen molar-refractivity contribution < 1.29 is 14.3 Å². The third-order valence-electron chi connectivity index (χ3n) is 5.58. The van der Waals surface area contributed by atoms with Crippen LogP contribution in [0, 0.1) is 0 Å². The van der Waals surface area contributed by atoms with E-state index in [1.807, 2.05) is 35.2 Å². The Balaban J connectivity index is 1.60. The van der Waals surface area contributed by atoms with Gasteiger partial charge in [-0.25, -0.2) is 0 Å². The van der Waals surface area contributed by atoms with Crippen molar-refractivity contribution in [1.29, 1.82) is 0 Å². The lowest BCUT2D eigenvalue weighted by Crippen LogP contribution is -2.52. The minimum absolute atomic E-state index is 0.0824. The lowest BCUT2D eigenvalue weighted by Gasteiger charge is -2.35. The van der Waals surface area contributed by atoms with Gasteiger partial charge in [-0.1, -0.05) is 35.9 Å². The lowest BCUT2D eigenvalue weighted by molar-refractivity contribution is -0.124. The second-order valence-electron chi connectivity index (χ2n) is 7.26. The Morgan fingerprint density at radius 2 is 1.86 bits per heavy atom. The molecule has 8 heteroatoms. The lowest BCUT2D eigenvalue weighted by atomic mass is 10.0. The summed E-state index contributed by atoms with van der Waals surface area (Å²) in [5, 5.41) is 0.534. The standard InChI is InChI=1S/C21H20ClN3O3S/c22-15-4-3-5-16(12-15)25-19(26)13-29-21(25)17-6-1-2-7-18(17)24(20(21)27)14-23-8-10-28-11-9-23/h1-7,12H,8-11,13-14H2. The zero-order valence-electron chi connectivity index (χ0n) is 15.7. The molecule has 0 N–H and O–H groups in total. The van der Waals surface area contributed by atoms with Gasteiger partial charge in [0.25, 0.3) is 5.91 Å². The third-order valence-corrected chi connectivity index (χ3v) is 7.20. The van der Waals surface area contributed by atoms with Gasteiger partial charge in [-0.2, -0.15) is 0 Å². The van der Waals surface area contributed by atoms with Crippen LogP contribution in [0.1, 0.15) is 5.56 Å². The number of hydrogen-bond donors (Lipinski definition) is 0. The first-order chi connectivity index (χ1) is 14.1. The Morgan fingerprint density at radius 1 is 1.07 bits per heavy atom. The Labute approximate surface area is 178 Å². The average molecular weight is 430 g/mol. The van der Waals surface area contributed by atoms with Gasteiger partial charge in [0, 0.05) is 29.4 Å². The summed E-state index contributed by atoms with van der Waals surface area (Å²) in [6.45, 7) is 3.37. The van der Waals surface area contributed by atoms with Crippen LogP contribution in [0.4, 0.5) is 11.4 Å². The summed E-state index contributed by atoms with van der Waals surface area (Å²) in [7, 11) is 0. The second-order valence-corrected chi connectivity index (χ2v) is 8.87. The molecule has 0 aromatic heterocycles. The molecule has 3 aliphatic rings. The zero-order valence-corrected chi connectivity index (χ0v) is 17.3. The monoisotopic (exact) mass is 429 g/mol. The number of thioether (sulfide) groups is 1. The molecule has 3 aliphatic heterocycles. The van der Waals surface area contributed by atoms with Crippen molar-refractivity contribution >= 4 is 46.6 Å². The number of nitrogens with zero attached hydrogens (tertiary/aromatic N) is 3. The maximum Gasteiger partial charge on any atom is 0.269 e. The maximum absolute atomic E-state index is 13.9. The van der Waals surface area contributed by atoms with E-state index in [2.05, 4.69) is 4.90 Å². The van der Waals surface area contributed by atoms with Crippen molar-refractivity contribution in [2.45, 2.75) is 4.87 Å². The number of anilines is 2. The van der Waals surface area contributed by atoms with Gasteiger partial charge in [-0.15, -0.1) is 11.8 Å². The number of morpholine rings is 1. The summed E-state index contributed by atoms with van der Waals surface area (Å²) in [6.07, 6.45) is 0. The predicted octanol–water partition coefficient (Wildman–Crippen LogP) is 2.91. The van der Waals surface area contributed by atoms with E-state index < -0.39 is 4.87 Å². The number of amides is 2. The van der Waals surface area contributed by atoms with Crippen LogP contribution in [0.2, 0.25) is 5.02 Å². The van der Waals surface area contributed by atoms with Gasteiger partial charge in [-0.05, 0) is 24.3 Å². The minimum Gasteiger partial charge on any atom is -0.379 e. The van der Waals surface area contributed by atoms with Gasteiger partial charge in [-0.3, -0.25) is 24.3 Å². The van der Waals surface area contributed by atoms with Gasteiger partial charge < -0.3 is 4.74 Å². The van der Waals surface area contributed by atoms with Crippen LogP contribution in [-0.2, 0) is 19.2 Å². The largest absolute Gasteiger partial charge is 0.379 e. The first-order valence-electron chi connectivity index (χ1n) is 9.55. The fourth-order valence-electron chi connectivity index (χ4n) is 4.25. The van der Waals surface area contributed by atoms with Crippen LogP contribution in [0.3, 0.4) is 0 Å². The van der Waals surface area contributed by atoms with Gasteiger partial charge in [0.05, 0.1) is 31.3 Å². The molecule has 1 spiro atoms. The quantitative estimate of drug-likeness (QED) is 0.751. The van der Waals surface area contributed by atoms with Crippen LogP contribution in [0.5, 0.6) is 0 Å². The van der Waals surface area contributed by atoms with Crippen LogP contribution in [0.15, 0.2) is 48.5 Å². The number of ether oxygens (including phenoxy) is 1. The molecule has 3 heterocycles. The van der Waals surface area contributed by atoms with Crippen molar-refractivity contribution in [1.82, 2.24) is 4.90 Å². The molecular formula is C21H20ClN3O3S. The summed E-state index contributed by atoms with van der Waals surface area (Å²) in [5.41, 5.74) is 2.36. The second kappa shape index (κ2) is 7.32. The van der Waals surface area contributed by atoms with Gasteiger partial charge in [0.15, 0.2) is 0 Å². The highest BCUT2D eigenvalue weighted by atomic mass is 35.5. The van der Waals surface area contributed by atoms with Crippen LogP contribution < -0.4 is 9.80 Å². The first kappa shape index (κ1) is 18.9. The molecule has 1 atom stereocenters. The molecule has 2 aromatic rings. The summed E-state index contributed by atoms with van der Waals surface area (Å²) in [4.78, 5) is 31.4. The smallest absolute Gasteiger partial charge is 0.269 e. The van der Waals surface area contributed by atoms with Gasteiger partial charge in [0.1, 0.15) is 0 Å². The van der Waals surface area contributed by atoms with E-state index in [0.717, 1.165) is 24.3 Å². The van der Waals surface area contributed by atoms with E-state index in [-0.39, 0.29) is 17.6 Å². The molecule has 0 saturated carbocycles. The number of para-hydroxylation sites is 1. The van der Waals surface area contributed by atoms with Crippen molar-refractivity contribution in [3.05, 3.63) is 59.1 Å². The molecule has 1 unspecified atom stereocenters. The minimum atomic E-state index is -1.09. The van der Waals surface area contributed by atoms with Gasteiger partial charge >= 0.3 is 0 Å². The fourth-order valence-corrected chi connectivity index (χ4v) is 5.80. The highest BCUT2D eigenvalue weighted by Gasteiger charge is 2.61. The summed E-state index contributed by atoms with van der Waals surface area (Å²) < 4.78 is 5.44. The molecule has 5 rings (SSSR count). The Bertz CT molecular complexity index is 981.